The van der Waals surface area contributed by atoms with Gasteiger partial charge in [0.05, 0.1) is 13.1 Å². The van der Waals surface area contributed by atoms with Crippen molar-refractivity contribution in [2.75, 3.05) is 26.2 Å². The van der Waals surface area contributed by atoms with Crippen molar-refractivity contribution in [1.29, 1.82) is 0 Å². The molecule has 0 aromatic carbocycles. The molecule has 0 bridgehead atoms. The van der Waals surface area contributed by atoms with E-state index in [2.05, 4.69) is 0 Å². The highest BCUT2D eigenvalue weighted by Gasteiger charge is 2.29. The molecule has 1 aliphatic rings. The number of nitrogens with zero attached hydrogens (tertiary/aromatic N) is 2. The molecule has 0 aromatic heterocycles. The summed E-state index contributed by atoms with van der Waals surface area (Å²) >= 11 is 0. The average molecular weight is 228 g/mol. The second kappa shape index (κ2) is 4.82. The Morgan fingerprint density at radius 3 is 2.12 bits per heavy atom. The Morgan fingerprint density at radius 2 is 1.81 bits per heavy atom. The van der Waals surface area contributed by atoms with Crippen LogP contribution in [0.1, 0.15) is 27.2 Å². The topological polar surface area (TPSA) is 60.9 Å². The number of rotatable bonds is 4. The van der Waals surface area contributed by atoms with Crippen molar-refractivity contribution in [3.8, 4) is 0 Å². The van der Waals surface area contributed by atoms with Crippen molar-refractivity contribution in [3.63, 3.8) is 0 Å². The predicted molar refractivity (Wildman–Crippen MR) is 60.2 cm³/mol. The van der Waals surface area contributed by atoms with Crippen LogP contribution in [0.5, 0.6) is 0 Å². The Morgan fingerprint density at radius 1 is 1.25 bits per heavy atom. The van der Waals surface area contributed by atoms with E-state index in [-0.39, 0.29) is 24.5 Å². The van der Waals surface area contributed by atoms with E-state index in [0.717, 1.165) is 19.5 Å². The lowest BCUT2D eigenvalue weighted by Gasteiger charge is -2.37. The minimum Gasteiger partial charge on any atom is -0.480 e. The van der Waals surface area contributed by atoms with Gasteiger partial charge in [0.2, 0.25) is 5.91 Å². The summed E-state index contributed by atoms with van der Waals surface area (Å²) in [6, 6.07) is 0. The minimum absolute atomic E-state index is 0.0300. The van der Waals surface area contributed by atoms with Gasteiger partial charge in [0.15, 0.2) is 0 Å². The standard InChI is InChI=1S/C11H20N2O3/c1-11(2,3)13(8-10(15)16)7-9(14)12-5-4-6-12/h4-8H2,1-3H3,(H,15,16). The molecule has 0 aromatic rings. The van der Waals surface area contributed by atoms with Crippen LogP contribution in [0.25, 0.3) is 0 Å². The van der Waals surface area contributed by atoms with Crippen LogP contribution in [0, 0.1) is 0 Å². The summed E-state index contributed by atoms with van der Waals surface area (Å²) in [7, 11) is 0. The van der Waals surface area contributed by atoms with Gasteiger partial charge in [0.25, 0.3) is 0 Å². The zero-order chi connectivity index (χ0) is 12.3. The van der Waals surface area contributed by atoms with Gasteiger partial charge in [-0.05, 0) is 27.2 Å². The minimum atomic E-state index is -0.897. The molecule has 0 unspecified atom stereocenters. The normalized spacial score (nSPS) is 16.1. The first-order chi connectivity index (χ1) is 7.30. The fourth-order valence-electron chi connectivity index (χ4n) is 1.52. The van der Waals surface area contributed by atoms with Gasteiger partial charge in [-0.3, -0.25) is 14.5 Å². The smallest absolute Gasteiger partial charge is 0.317 e. The Labute approximate surface area is 96.0 Å². The predicted octanol–water partition coefficient (Wildman–Crippen LogP) is 0.404. The first kappa shape index (κ1) is 13.0. The maximum atomic E-state index is 11.8. The number of amides is 1. The van der Waals surface area contributed by atoms with E-state index < -0.39 is 5.97 Å². The van der Waals surface area contributed by atoms with Gasteiger partial charge in [-0.15, -0.1) is 0 Å². The molecule has 5 nitrogen and oxygen atoms in total. The molecule has 16 heavy (non-hydrogen) atoms. The number of carboxylic acid groups (broad SMARTS) is 1. The zero-order valence-electron chi connectivity index (χ0n) is 10.2. The number of carbonyl (C=O) groups excluding carboxylic acids is 1. The fraction of sp³-hybridized carbons (Fsp3) is 0.818. The van der Waals surface area contributed by atoms with Crippen molar-refractivity contribution in [1.82, 2.24) is 9.80 Å². The Bertz CT molecular complexity index is 279. The molecule has 0 aliphatic carbocycles. The molecule has 92 valence electrons. The van der Waals surface area contributed by atoms with Gasteiger partial charge in [-0.1, -0.05) is 0 Å². The molecule has 1 N–H and O–H groups in total. The third kappa shape index (κ3) is 3.48. The van der Waals surface area contributed by atoms with Gasteiger partial charge in [0, 0.05) is 18.6 Å². The van der Waals surface area contributed by atoms with Gasteiger partial charge in [-0.25, -0.2) is 0 Å². The van der Waals surface area contributed by atoms with E-state index in [1.54, 1.807) is 9.80 Å². The summed E-state index contributed by atoms with van der Waals surface area (Å²) in [6.45, 7) is 7.46. The summed E-state index contributed by atoms with van der Waals surface area (Å²) in [5.41, 5.74) is -0.307. The van der Waals surface area contributed by atoms with E-state index in [9.17, 15) is 9.59 Å². The van der Waals surface area contributed by atoms with Crippen molar-refractivity contribution in [2.24, 2.45) is 0 Å². The summed E-state index contributed by atoms with van der Waals surface area (Å²) in [6.07, 6.45) is 1.06. The molecule has 0 radical (unpaired) electrons. The molecule has 1 amide bonds. The highest BCUT2D eigenvalue weighted by atomic mass is 16.4. The highest BCUT2D eigenvalue weighted by molar-refractivity contribution is 5.80. The van der Waals surface area contributed by atoms with Crippen LogP contribution < -0.4 is 0 Å². The summed E-state index contributed by atoms with van der Waals surface area (Å²) in [5, 5.41) is 8.80. The maximum Gasteiger partial charge on any atom is 0.317 e. The molecule has 0 spiro atoms. The molecular formula is C11H20N2O3. The lowest BCUT2D eigenvalue weighted by atomic mass is 10.1. The van der Waals surface area contributed by atoms with Crippen molar-refractivity contribution in [3.05, 3.63) is 0 Å². The van der Waals surface area contributed by atoms with Crippen LogP contribution in [0.4, 0.5) is 0 Å². The average Bonchev–Trinajstić information content (AvgIpc) is 1.96. The first-order valence-corrected chi connectivity index (χ1v) is 5.55. The quantitative estimate of drug-likeness (QED) is 0.757. The van der Waals surface area contributed by atoms with Gasteiger partial charge < -0.3 is 10.0 Å². The van der Waals surface area contributed by atoms with Crippen LogP contribution >= 0.6 is 0 Å². The molecule has 1 fully saturated rings. The Kier molecular flexibility index (Phi) is 3.91. The summed E-state index contributed by atoms with van der Waals surface area (Å²) in [4.78, 5) is 25.9. The lowest BCUT2D eigenvalue weighted by Crippen LogP contribution is -2.52. The zero-order valence-corrected chi connectivity index (χ0v) is 10.2. The monoisotopic (exact) mass is 228 g/mol. The van der Waals surface area contributed by atoms with E-state index in [4.69, 9.17) is 5.11 Å². The van der Waals surface area contributed by atoms with Crippen molar-refractivity contribution < 1.29 is 14.7 Å². The summed E-state index contributed by atoms with van der Waals surface area (Å²) in [5.74, 6) is -0.867. The van der Waals surface area contributed by atoms with E-state index in [1.165, 1.54) is 0 Å². The number of hydrogen-bond donors (Lipinski definition) is 1. The SMILES string of the molecule is CC(C)(C)N(CC(=O)O)CC(=O)N1CCC1. The molecule has 0 saturated carbocycles. The number of likely N-dealkylation sites (tertiary alicyclic amines) is 1. The van der Waals surface area contributed by atoms with Crippen LogP contribution in [0.2, 0.25) is 0 Å². The third-order valence-electron chi connectivity index (χ3n) is 2.81. The van der Waals surface area contributed by atoms with E-state index in [0.29, 0.717) is 0 Å². The number of aliphatic carboxylic acids is 1. The van der Waals surface area contributed by atoms with Crippen molar-refractivity contribution in [2.45, 2.75) is 32.7 Å². The molecule has 1 saturated heterocycles. The second-order valence-corrected chi connectivity index (χ2v) is 5.15. The first-order valence-electron chi connectivity index (χ1n) is 5.55. The van der Waals surface area contributed by atoms with Gasteiger partial charge in [-0.2, -0.15) is 0 Å². The number of carbonyl (C=O) groups is 2. The van der Waals surface area contributed by atoms with E-state index >= 15 is 0 Å². The Hall–Kier alpha value is -1.10. The van der Waals surface area contributed by atoms with Crippen LogP contribution in [0.3, 0.4) is 0 Å². The fourth-order valence-corrected chi connectivity index (χ4v) is 1.52. The molecule has 0 atom stereocenters. The van der Waals surface area contributed by atoms with Crippen molar-refractivity contribution >= 4 is 11.9 Å². The van der Waals surface area contributed by atoms with Gasteiger partial charge >= 0.3 is 5.97 Å². The lowest BCUT2D eigenvalue weighted by molar-refractivity contribution is -0.143. The number of carboxylic acids is 1. The van der Waals surface area contributed by atoms with Crippen LogP contribution in [0.15, 0.2) is 0 Å². The molecule has 1 rings (SSSR count). The maximum absolute atomic E-state index is 11.8. The van der Waals surface area contributed by atoms with Crippen LogP contribution in [-0.4, -0.2) is 58.5 Å². The molecular weight excluding hydrogens is 208 g/mol. The molecule has 1 heterocycles. The molecule has 5 heteroatoms. The largest absolute Gasteiger partial charge is 0.480 e. The Balaban J connectivity index is 2.55. The third-order valence-corrected chi connectivity index (χ3v) is 2.81. The van der Waals surface area contributed by atoms with Crippen LogP contribution in [-0.2, 0) is 9.59 Å². The van der Waals surface area contributed by atoms with E-state index in [1.807, 2.05) is 20.8 Å². The van der Waals surface area contributed by atoms with Gasteiger partial charge in [0.1, 0.15) is 0 Å². The highest BCUT2D eigenvalue weighted by Crippen LogP contribution is 2.14. The summed E-state index contributed by atoms with van der Waals surface area (Å²) < 4.78 is 0. The second-order valence-electron chi connectivity index (χ2n) is 5.15. The number of hydrogen-bond acceptors (Lipinski definition) is 3. The molecule has 1 aliphatic heterocycles.